The summed E-state index contributed by atoms with van der Waals surface area (Å²) in [7, 11) is 0. The van der Waals surface area contributed by atoms with Gasteiger partial charge in [-0.15, -0.1) is 0 Å². The molecular weight excluding hydrogens is 435 g/mol. The minimum Gasteiger partial charge on any atom is -0.440 e. The molecule has 3 aromatic carbocycles. The quantitative estimate of drug-likeness (QED) is 0.367. The van der Waals surface area contributed by atoms with Gasteiger partial charge in [0.1, 0.15) is 11.4 Å². The molecule has 0 amide bonds. The Bertz CT molecular complexity index is 1450. The number of benzene rings is 3. The number of aliphatic hydroxyl groups is 2. The van der Waals surface area contributed by atoms with Crippen LogP contribution in [0.15, 0.2) is 69.9 Å². The van der Waals surface area contributed by atoms with E-state index < -0.39 is 6.29 Å². The van der Waals surface area contributed by atoms with E-state index >= 15 is 0 Å². The van der Waals surface area contributed by atoms with E-state index in [9.17, 15) is 19.4 Å². The first kappa shape index (κ1) is 22.1. The van der Waals surface area contributed by atoms with Gasteiger partial charge in [0.25, 0.3) is 0 Å². The van der Waals surface area contributed by atoms with Crippen LogP contribution in [0, 0.1) is 12.7 Å². The van der Waals surface area contributed by atoms with Gasteiger partial charge in [0.2, 0.25) is 5.88 Å². The van der Waals surface area contributed by atoms with Crippen LogP contribution in [0.4, 0.5) is 16.0 Å². The summed E-state index contributed by atoms with van der Waals surface area (Å²) in [6, 6.07) is 16.8. The maximum absolute atomic E-state index is 14.3. The normalized spacial score (nSPS) is 14.0. The first-order valence-corrected chi connectivity index (χ1v) is 11.1. The molecule has 1 unspecified atom stereocenters. The topological polar surface area (TPSA) is 85.9 Å². The average Bonchev–Trinajstić information content (AvgIpc) is 3.25. The summed E-state index contributed by atoms with van der Waals surface area (Å²) >= 11 is 0. The van der Waals surface area contributed by atoms with Gasteiger partial charge in [-0.1, -0.05) is 36.4 Å². The van der Waals surface area contributed by atoms with Gasteiger partial charge in [0.15, 0.2) is 11.7 Å². The summed E-state index contributed by atoms with van der Waals surface area (Å²) < 4.78 is 20.5. The van der Waals surface area contributed by atoms with Crippen molar-refractivity contribution in [1.29, 1.82) is 0 Å². The van der Waals surface area contributed by atoms with E-state index in [1.165, 1.54) is 12.1 Å². The van der Waals surface area contributed by atoms with Gasteiger partial charge in [-0.05, 0) is 43.2 Å². The largest absolute Gasteiger partial charge is 0.440 e. The maximum Gasteiger partial charge on any atom is 0.200 e. The Morgan fingerprint density at radius 1 is 1.03 bits per heavy atom. The second-order valence-electron chi connectivity index (χ2n) is 8.74. The lowest BCUT2D eigenvalue weighted by molar-refractivity contribution is -0.0419. The third-order valence-corrected chi connectivity index (χ3v) is 6.30. The molecule has 5 rings (SSSR count). The monoisotopic (exact) mass is 460 g/mol. The highest BCUT2D eigenvalue weighted by molar-refractivity contribution is 5.82. The van der Waals surface area contributed by atoms with Gasteiger partial charge in [0.05, 0.1) is 11.4 Å². The second-order valence-corrected chi connectivity index (χ2v) is 8.74. The molecule has 4 aromatic rings. The van der Waals surface area contributed by atoms with Crippen LogP contribution in [-0.4, -0.2) is 10.2 Å². The van der Waals surface area contributed by atoms with Crippen molar-refractivity contribution in [2.24, 2.45) is 0 Å². The third-order valence-electron chi connectivity index (χ3n) is 6.30. The molecule has 0 bridgehead atoms. The molecule has 6 nitrogen and oxygen atoms in total. The number of fused-ring (bicyclic) bond motifs is 2. The minimum atomic E-state index is -1.62. The predicted octanol–water partition coefficient (Wildman–Crippen LogP) is 4.92. The third kappa shape index (κ3) is 3.93. The summed E-state index contributed by atoms with van der Waals surface area (Å²) in [5.41, 5.74) is 4.36. The number of rotatable bonds is 5. The van der Waals surface area contributed by atoms with E-state index in [1.54, 1.807) is 36.4 Å². The lowest BCUT2D eigenvalue weighted by atomic mass is 10.0. The summed E-state index contributed by atoms with van der Waals surface area (Å²) in [4.78, 5) is 14.9. The Kier molecular flexibility index (Phi) is 5.59. The number of nitrogens with one attached hydrogen (secondary N) is 1. The summed E-state index contributed by atoms with van der Waals surface area (Å²) in [6.45, 7) is 4.61. The maximum atomic E-state index is 14.3. The molecule has 0 fully saturated rings. The van der Waals surface area contributed by atoms with Crippen molar-refractivity contribution < 1.29 is 19.0 Å². The Hall–Kier alpha value is -3.68. The van der Waals surface area contributed by atoms with Crippen molar-refractivity contribution in [2.45, 2.75) is 39.3 Å². The standard InChI is InChI=1S/C27H25FN2O4/c1-15-10-19(16(2)29-23-9-4-3-7-18(23)27(32)33)26-20(11-15)24(31)12-25(34-26)30-13-17-6-5-8-22(28)21(17)14-30/h3-12,16,27,29,32-33H,13-14H2,1-2H3. The number of anilines is 2. The van der Waals surface area contributed by atoms with Crippen molar-refractivity contribution in [3.8, 4) is 0 Å². The molecule has 1 aromatic heterocycles. The highest BCUT2D eigenvalue weighted by atomic mass is 19.1. The Morgan fingerprint density at radius 2 is 1.82 bits per heavy atom. The van der Waals surface area contributed by atoms with Crippen LogP contribution in [0.2, 0.25) is 0 Å². The lowest BCUT2D eigenvalue weighted by Gasteiger charge is -2.22. The molecule has 0 saturated heterocycles. The predicted molar refractivity (Wildman–Crippen MR) is 129 cm³/mol. The highest BCUT2D eigenvalue weighted by Crippen LogP contribution is 2.34. The van der Waals surface area contributed by atoms with Gasteiger partial charge in [-0.3, -0.25) is 4.79 Å². The van der Waals surface area contributed by atoms with E-state index in [4.69, 9.17) is 4.42 Å². The van der Waals surface area contributed by atoms with E-state index in [0.717, 1.165) is 16.7 Å². The molecule has 0 spiro atoms. The van der Waals surface area contributed by atoms with Gasteiger partial charge < -0.3 is 24.8 Å². The number of aliphatic hydroxyl groups excluding tert-OH is 1. The molecule has 34 heavy (non-hydrogen) atoms. The first-order chi connectivity index (χ1) is 16.3. The number of nitrogens with zero attached hydrogens (tertiary/aromatic N) is 1. The van der Waals surface area contributed by atoms with Crippen LogP contribution in [0.25, 0.3) is 11.0 Å². The van der Waals surface area contributed by atoms with Gasteiger partial charge >= 0.3 is 0 Å². The summed E-state index contributed by atoms with van der Waals surface area (Å²) in [5.74, 6) is 0.124. The molecule has 1 aliphatic rings. The van der Waals surface area contributed by atoms with E-state index in [1.807, 2.05) is 30.9 Å². The fraction of sp³-hybridized carbons (Fsp3) is 0.222. The van der Waals surface area contributed by atoms with E-state index in [2.05, 4.69) is 5.32 Å². The Balaban J connectivity index is 1.56. The number of para-hydroxylation sites is 1. The summed E-state index contributed by atoms with van der Waals surface area (Å²) in [6.07, 6.45) is -1.62. The number of hydrogen-bond donors (Lipinski definition) is 3. The van der Waals surface area contributed by atoms with Gasteiger partial charge in [0, 0.05) is 41.5 Å². The summed E-state index contributed by atoms with van der Waals surface area (Å²) in [5, 5.41) is 23.2. The van der Waals surface area contributed by atoms with Crippen molar-refractivity contribution in [3.05, 3.63) is 105 Å². The van der Waals surface area contributed by atoms with Crippen molar-refractivity contribution in [2.75, 3.05) is 10.2 Å². The molecule has 2 heterocycles. The fourth-order valence-corrected chi connectivity index (χ4v) is 4.60. The van der Waals surface area contributed by atoms with E-state index in [0.29, 0.717) is 46.8 Å². The number of hydrogen-bond acceptors (Lipinski definition) is 6. The van der Waals surface area contributed by atoms with Crippen molar-refractivity contribution in [3.63, 3.8) is 0 Å². The second kappa shape index (κ2) is 8.59. The SMILES string of the molecule is Cc1cc(C(C)Nc2ccccc2C(O)O)c2oc(N3Cc4cccc(F)c4C3)cc(=O)c2c1. The zero-order valence-corrected chi connectivity index (χ0v) is 18.9. The van der Waals surface area contributed by atoms with Gasteiger partial charge in [-0.25, -0.2) is 4.39 Å². The first-order valence-electron chi connectivity index (χ1n) is 11.1. The van der Waals surface area contributed by atoms with Crippen molar-refractivity contribution in [1.82, 2.24) is 0 Å². The highest BCUT2D eigenvalue weighted by Gasteiger charge is 2.25. The van der Waals surface area contributed by atoms with Crippen molar-refractivity contribution >= 4 is 22.5 Å². The molecule has 1 atom stereocenters. The fourth-order valence-electron chi connectivity index (χ4n) is 4.60. The van der Waals surface area contributed by atoms with Gasteiger partial charge in [-0.2, -0.15) is 0 Å². The minimum absolute atomic E-state index is 0.170. The van der Waals surface area contributed by atoms with Crippen LogP contribution < -0.4 is 15.6 Å². The number of halogens is 1. The Labute approximate surface area is 195 Å². The smallest absolute Gasteiger partial charge is 0.200 e. The zero-order chi connectivity index (χ0) is 24.0. The molecule has 7 heteroatoms. The molecule has 174 valence electrons. The van der Waals surface area contributed by atoms with Crippen LogP contribution in [0.3, 0.4) is 0 Å². The molecule has 1 aliphatic heterocycles. The molecular formula is C27H25FN2O4. The van der Waals surface area contributed by atoms with Crippen LogP contribution >= 0.6 is 0 Å². The average molecular weight is 461 g/mol. The molecule has 0 aliphatic carbocycles. The molecule has 3 N–H and O–H groups in total. The van der Waals surface area contributed by atoms with E-state index in [-0.39, 0.29) is 17.3 Å². The zero-order valence-electron chi connectivity index (χ0n) is 18.9. The van der Waals surface area contributed by atoms with Crippen LogP contribution in [-0.2, 0) is 13.1 Å². The van der Waals surface area contributed by atoms with Crippen LogP contribution in [0.1, 0.15) is 47.1 Å². The molecule has 0 radical (unpaired) electrons. The van der Waals surface area contributed by atoms with Crippen LogP contribution in [0.5, 0.6) is 0 Å². The lowest BCUT2D eigenvalue weighted by Crippen LogP contribution is -2.18. The number of aryl methyl sites for hydroxylation is 1. The Morgan fingerprint density at radius 3 is 2.59 bits per heavy atom. The molecule has 0 saturated carbocycles.